The highest BCUT2D eigenvalue weighted by atomic mass is 16.5. The van der Waals surface area contributed by atoms with Gasteiger partial charge in [-0.2, -0.15) is 0 Å². The zero-order chi connectivity index (χ0) is 17.0. The van der Waals surface area contributed by atoms with Crippen LogP contribution in [0.25, 0.3) is 0 Å². The van der Waals surface area contributed by atoms with E-state index in [1.54, 1.807) is 4.90 Å². The van der Waals surface area contributed by atoms with Crippen LogP contribution in [-0.2, 0) is 9.59 Å². The van der Waals surface area contributed by atoms with E-state index in [0.29, 0.717) is 31.7 Å². The minimum atomic E-state index is -0.771. The average Bonchev–Trinajstić information content (AvgIpc) is 2.51. The Hall–Kier alpha value is -2.04. The number of carboxylic acid groups (broad SMARTS) is 1. The number of hydrogen-bond donors (Lipinski definition) is 1. The maximum absolute atomic E-state index is 12.7. The summed E-state index contributed by atoms with van der Waals surface area (Å²) in [5.41, 5.74) is 1.08. The van der Waals surface area contributed by atoms with Crippen LogP contribution in [0.3, 0.4) is 0 Å². The molecule has 1 amide bonds. The molecule has 23 heavy (non-hydrogen) atoms. The molecular weight excluding hydrogens is 294 g/mol. The van der Waals surface area contributed by atoms with Gasteiger partial charge in [-0.05, 0) is 43.4 Å². The summed E-state index contributed by atoms with van der Waals surface area (Å²) in [4.78, 5) is 25.6. The number of hydrogen-bond acceptors (Lipinski definition) is 3. The predicted molar refractivity (Wildman–Crippen MR) is 87.4 cm³/mol. The van der Waals surface area contributed by atoms with Gasteiger partial charge in [-0.25, -0.2) is 0 Å². The van der Waals surface area contributed by atoms with E-state index >= 15 is 0 Å². The second kappa shape index (κ2) is 7.49. The second-order valence-electron chi connectivity index (χ2n) is 6.33. The van der Waals surface area contributed by atoms with Gasteiger partial charge < -0.3 is 14.7 Å². The van der Waals surface area contributed by atoms with Crippen molar-refractivity contribution >= 4 is 11.9 Å². The quantitative estimate of drug-likeness (QED) is 0.906. The van der Waals surface area contributed by atoms with E-state index in [9.17, 15) is 14.7 Å². The molecule has 1 aromatic rings. The Kier molecular flexibility index (Phi) is 5.64. The first-order chi connectivity index (χ1) is 10.9. The predicted octanol–water partition coefficient (Wildman–Crippen LogP) is 2.72. The Morgan fingerprint density at radius 2 is 2.17 bits per heavy atom. The van der Waals surface area contributed by atoms with E-state index in [1.165, 1.54) is 0 Å². The number of amides is 1. The molecule has 1 aromatic carbocycles. The molecule has 1 fully saturated rings. The number of carbonyl (C=O) groups excluding carboxylic acids is 1. The molecule has 0 bridgehead atoms. The maximum atomic E-state index is 12.7. The molecule has 5 heteroatoms. The molecular formula is C18H25NO4. The number of benzene rings is 1. The zero-order valence-electron chi connectivity index (χ0n) is 14.0. The lowest BCUT2D eigenvalue weighted by molar-refractivity contribution is -0.150. The zero-order valence-corrected chi connectivity index (χ0v) is 14.0. The summed E-state index contributed by atoms with van der Waals surface area (Å²) in [5.74, 6) is -0.533. The van der Waals surface area contributed by atoms with E-state index in [0.717, 1.165) is 5.56 Å². The number of aliphatic carboxylic acids is 1. The summed E-state index contributed by atoms with van der Waals surface area (Å²) in [6, 6.07) is 7.65. The number of carboxylic acids is 1. The molecule has 3 unspecified atom stereocenters. The highest BCUT2D eigenvalue weighted by Crippen LogP contribution is 2.25. The first-order valence-electron chi connectivity index (χ1n) is 8.17. The number of likely N-dealkylation sites (tertiary alicyclic amines) is 1. The molecule has 1 heterocycles. The van der Waals surface area contributed by atoms with Gasteiger partial charge in [0.15, 0.2) is 6.10 Å². The Morgan fingerprint density at radius 1 is 1.43 bits per heavy atom. The average molecular weight is 319 g/mol. The summed E-state index contributed by atoms with van der Waals surface area (Å²) >= 11 is 0. The lowest BCUT2D eigenvalue weighted by atomic mass is 9.87. The molecule has 5 nitrogen and oxygen atoms in total. The van der Waals surface area contributed by atoms with Crippen molar-refractivity contribution in [2.75, 3.05) is 13.1 Å². The summed E-state index contributed by atoms with van der Waals surface area (Å²) in [6.07, 6.45) is 0.564. The number of nitrogens with zero attached hydrogens (tertiary/aromatic N) is 1. The van der Waals surface area contributed by atoms with Gasteiger partial charge in [0.1, 0.15) is 5.75 Å². The fourth-order valence-electron chi connectivity index (χ4n) is 3.08. The molecule has 0 radical (unpaired) electrons. The topological polar surface area (TPSA) is 66.8 Å². The van der Waals surface area contributed by atoms with Gasteiger partial charge in [0.25, 0.3) is 5.91 Å². The van der Waals surface area contributed by atoms with Gasteiger partial charge in [0.2, 0.25) is 0 Å². The van der Waals surface area contributed by atoms with Crippen molar-refractivity contribution in [1.82, 2.24) is 4.90 Å². The largest absolute Gasteiger partial charge is 0.481 e. The molecule has 1 aliphatic rings. The first-order valence-corrected chi connectivity index (χ1v) is 8.17. The number of rotatable bonds is 5. The van der Waals surface area contributed by atoms with E-state index in [4.69, 9.17) is 4.74 Å². The number of aryl methyl sites for hydroxylation is 1. The Labute approximate surface area is 137 Å². The van der Waals surface area contributed by atoms with Crippen molar-refractivity contribution in [3.8, 4) is 5.75 Å². The van der Waals surface area contributed by atoms with Crippen LogP contribution in [0.4, 0.5) is 0 Å². The molecule has 1 saturated heterocycles. The minimum Gasteiger partial charge on any atom is -0.481 e. The van der Waals surface area contributed by atoms with Crippen molar-refractivity contribution in [2.45, 2.75) is 39.7 Å². The van der Waals surface area contributed by atoms with Crippen LogP contribution in [0.1, 0.15) is 32.3 Å². The molecule has 3 atom stereocenters. The highest BCUT2D eigenvalue weighted by molar-refractivity contribution is 5.81. The molecule has 0 aromatic heterocycles. The van der Waals surface area contributed by atoms with E-state index in [-0.39, 0.29) is 17.7 Å². The summed E-state index contributed by atoms with van der Waals surface area (Å²) in [7, 11) is 0. The van der Waals surface area contributed by atoms with Crippen LogP contribution in [0, 0.1) is 18.8 Å². The van der Waals surface area contributed by atoms with Crippen LogP contribution < -0.4 is 4.74 Å². The number of ether oxygens (including phenoxy) is 1. The Morgan fingerprint density at radius 3 is 2.74 bits per heavy atom. The van der Waals surface area contributed by atoms with E-state index in [1.807, 2.05) is 45.0 Å². The normalized spacial score (nSPS) is 22.5. The molecule has 2 rings (SSSR count). The number of piperidine rings is 1. The third kappa shape index (κ3) is 4.24. The van der Waals surface area contributed by atoms with E-state index < -0.39 is 12.1 Å². The third-order valence-electron chi connectivity index (χ3n) is 4.45. The SMILES string of the molecule is CCC(Oc1cccc(C)c1)C(=O)N1CCC(C(=O)O)C(C)C1. The Bertz CT molecular complexity index is 572. The van der Waals surface area contributed by atoms with Gasteiger partial charge in [0.05, 0.1) is 5.92 Å². The smallest absolute Gasteiger partial charge is 0.306 e. The third-order valence-corrected chi connectivity index (χ3v) is 4.45. The van der Waals surface area contributed by atoms with Crippen molar-refractivity contribution in [2.24, 2.45) is 11.8 Å². The van der Waals surface area contributed by atoms with Gasteiger partial charge >= 0.3 is 5.97 Å². The van der Waals surface area contributed by atoms with Crippen molar-refractivity contribution in [3.05, 3.63) is 29.8 Å². The first kappa shape index (κ1) is 17.3. The van der Waals surface area contributed by atoms with Gasteiger partial charge in [-0.1, -0.05) is 26.0 Å². The molecule has 1 N–H and O–H groups in total. The summed E-state index contributed by atoms with van der Waals surface area (Å²) < 4.78 is 5.86. The molecule has 0 spiro atoms. The fraction of sp³-hybridized carbons (Fsp3) is 0.556. The van der Waals surface area contributed by atoms with Crippen molar-refractivity contribution in [3.63, 3.8) is 0 Å². The van der Waals surface area contributed by atoms with Crippen LogP contribution >= 0.6 is 0 Å². The minimum absolute atomic E-state index is 0.0401. The van der Waals surface area contributed by atoms with Crippen molar-refractivity contribution < 1.29 is 19.4 Å². The van der Waals surface area contributed by atoms with Gasteiger partial charge in [-0.3, -0.25) is 9.59 Å². The number of carbonyl (C=O) groups is 2. The van der Waals surface area contributed by atoms with Crippen LogP contribution in [0.5, 0.6) is 5.75 Å². The van der Waals surface area contributed by atoms with Crippen LogP contribution in [0.15, 0.2) is 24.3 Å². The van der Waals surface area contributed by atoms with Gasteiger partial charge in [-0.15, -0.1) is 0 Å². The van der Waals surface area contributed by atoms with Crippen LogP contribution in [-0.4, -0.2) is 41.1 Å². The summed E-state index contributed by atoms with van der Waals surface area (Å²) in [6.45, 7) is 6.75. The van der Waals surface area contributed by atoms with Gasteiger partial charge in [0, 0.05) is 13.1 Å². The molecule has 1 aliphatic heterocycles. The maximum Gasteiger partial charge on any atom is 0.306 e. The lowest BCUT2D eigenvalue weighted by Gasteiger charge is -2.36. The lowest BCUT2D eigenvalue weighted by Crippen LogP contribution is -2.49. The monoisotopic (exact) mass is 319 g/mol. The molecule has 126 valence electrons. The molecule has 0 aliphatic carbocycles. The van der Waals surface area contributed by atoms with Crippen molar-refractivity contribution in [1.29, 1.82) is 0 Å². The highest BCUT2D eigenvalue weighted by Gasteiger charge is 2.35. The standard InChI is InChI=1S/C18H25NO4/c1-4-16(23-14-7-5-6-12(2)10-14)17(20)19-9-8-15(18(21)22)13(3)11-19/h5-7,10,13,15-16H,4,8-9,11H2,1-3H3,(H,21,22). The summed E-state index contributed by atoms with van der Waals surface area (Å²) in [5, 5.41) is 9.18. The van der Waals surface area contributed by atoms with E-state index in [2.05, 4.69) is 0 Å². The molecule has 0 saturated carbocycles. The Balaban J connectivity index is 2.01. The van der Waals surface area contributed by atoms with Crippen LogP contribution in [0.2, 0.25) is 0 Å². The fourth-order valence-corrected chi connectivity index (χ4v) is 3.08. The second-order valence-corrected chi connectivity index (χ2v) is 6.33.